The molecule has 0 N–H and O–H groups in total. The van der Waals surface area contributed by atoms with Crippen molar-refractivity contribution < 1.29 is 4.74 Å². The number of hydrogen-bond donors (Lipinski definition) is 0. The van der Waals surface area contributed by atoms with E-state index in [1.54, 1.807) is 37.4 Å². The fourth-order valence-corrected chi connectivity index (χ4v) is 2.47. The van der Waals surface area contributed by atoms with Crippen LogP contribution in [-0.2, 0) is 0 Å². The SMILES string of the molecule is COc1ccc(C#Cc2ccc(C#Cc3ccccc3C#N)cc2C#N)cc1. The molecule has 0 fully saturated rings. The van der Waals surface area contributed by atoms with Crippen LogP contribution < -0.4 is 4.74 Å². The number of rotatable bonds is 1. The van der Waals surface area contributed by atoms with Crippen molar-refractivity contribution in [3.8, 4) is 41.6 Å². The highest BCUT2D eigenvalue weighted by Gasteiger charge is 2.01. The van der Waals surface area contributed by atoms with E-state index in [0.29, 0.717) is 27.8 Å². The van der Waals surface area contributed by atoms with E-state index in [1.807, 2.05) is 36.4 Å². The molecule has 0 spiro atoms. The van der Waals surface area contributed by atoms with Crippen LogP contribution in [-0.4, -0.2) is 7.11 Å². The van der Waals surface area contributed by atoms with Crippen molar-refractivity contribution >= 4 is 0 Å². The Kier molecular flexibility index (Phi) is 5.76. The number of hydrogen-bond acceptors (Lipinski definition) is 3. The molecule has 0 aromatic heterocycles. The molecule has 3 rings (SSSR count). The Morgan fingerprint density at radius 3 is 1.82 bits per heavy atom. The molecule has 0 atom stereocenters. The Hall–Kier alpha value is -4.44. The Balaban J connectivity index is 1.88. The highest BCUT2D eigenvalue weighted by atomic mass is 16.5. The maximum absolute atomic E-state index is 9.45. The van der Waals surface area contributed by atoms with Crippen LogP contribution >= 0.6 is 0 Å². The van der Waals surface area contributed by atoms with Crippen molar-refractivity contribution in [1.82, 2.24) is 0 Å². The van der Waals surface area contributed by atoms with Gasteiger partial charge >= 0.3 is 0 Å². The van der Waals surface area contributed by atoms with Crippen molar-refractivity contribution in [3.63, 3.8) is 0 Å². The third-order valence-electron chi connectivity index (χ3n) is 3.96. The summed E-state index contributed by atoms with van der Waals surface area (Å²) >= 11 is 0. The Labute approximate surface area is 164 Å². The largest absolute Gasteiger partial charge is 0.497 e. The summed E-state index contributed by atoms with van der Waals surface area (Å²) in [6, 6.07) is 24.2. The molecule has 3 aromatic carbocycles. The van der Waals surface area contributed by atoms with Crippen LogP contribution in [0.25, 0.3) is 0 Å². The van der Waals surface area contributed by atoms with E-state index in [1.165, 1.54) is 0 Å². The summed E-state index contributed by atoms with van der Waals surface area (Å²) in [5.41, 5.74) is 3.81. The lowest BCUT2D eigenvalue weighted by Crippen LogP contribution is -1.87. The molecule has 0 amide bonds. The number of nitriles is 2. The summed E-state index contributed by atoms with van der Waals surface area (Å²) in [6.45, 7) is 0. The first kappa shape index (κ1) is 18.4. The third-order valence-corrected chi connectivity index (χ3v) is 3.96. The number of nitrogens with zero attached hydrogens (tertiary/aromatic N) is 2. The fraction of sp³-hybridized carbons (Fsp3) is 0.0400. The molecule has 3 nitrogen and oxygen atoms in total. The summed E-state index contributed by atoms with van der Waals surface area (Å²) < 4.78 is 5.13. The van der Waals surface area contributed by atoms with Gasteiger partial charge in [0.2, 0.25) is 0 Å². The molecule has 28 heavy (non-hydrogen) atoms. The lowest BCUT2D eigenvalue weighted by molar-refractivity contribution is 0.415. The lowest BCUT2D eigenvalue weighted by Gasteiger charge is -1.99. The molecule has 0 aliphatic carbocycles. The van der Waals surface area contributed by atoms with Gasteiger partial charge in [-0.1, -0.05) is 35.8 Å². The van der Waals surface area contributed by atoms with Gasteiger partial charge < -0.3 is 4.74 Å². The summed E-state index contributed by atoms with van der Waals surface area (Å²) in [4.78, 5) is 0. The van der Waals surface area contributed by atoms with Gasteiger partial charge in [0.05, 0.1) is 18.2 Å². The van der Waals surface area contributed by atoms with Crippen molar-refractivity contribution in [1.29, 1.82) is 10.5 Å². The van der Waals surface area contributed by atoms with Crippen LogP contribution in [0, 0.1) is 46.3 Å². The minimum Gasteiger partial charge on any atom is -0.497 e. The average molecular weight is 358 g/mol. The van der Waals surface area contributed by atoms with Crippen LogP contribution in [0.3, 0.4) is 0 Å². The van der Waals surface area contributed by atoms with E-state index in [9.17, 15) is 5.26 Å². The summed E-state index contributed by atoms with van der Waals surface area (Å²) in [7, 11) is 1.61. The second-order valence-electron chi connectivity index (χ2n) is 5.76. The normalized spacial score (nSPS) is 8.96. The molecular weight excluding hydrogens is 344 g/mol. The van der Waals surface area contributed by atoms with E-state index >= 15 is 0 Å². The van der Waals surface area contributed by atoms with Gasteiger partial charge in [0, 0.05) is 22.3 Å². The molecule has 3 aromatic rings. The zero-order valence-electron chi connectivity index (χ0n) is 15.2. The zero-order chi connectivity index (χ0) is 19.8. The van der Waals surface area contributed by atoms with Crippen molar-refractivity contribution in [2.75, 3.05) is 7.11 Å². The first-order valence-corrected chi connectivity index (χ1v) is 8.45. The third kappa shape index (κ3) is 4.39. The van der Waals surface area contributed by atoms with E-state index in [4.69, 9.17) is 10.00 Å². The van der Waals surface area contributed by atoms with Crippen LogP contribution in [0.1, 0.15) is 33.4 Å². The molecule has 0 aliphatic rings. The minimum atomic E-state index is 0.460. The minimum absolute atomic E-state index is 0.460. The quantitative estimate of drug-likeness (QED) is 0.612. The van der Waals surface area contributed by atoms with Crippen LogP contribution in [0.5, 0.6) is 5.75 Å². The smallest absolute Gasteiger partial charge is 0.118 e. The average Bonchev–Trinajstić information content (AvgIpc) is 2.77. The Bertz CT molecular complexity index is 1220. The molecule has 0 saturated carbocycles. The lowest BCUT2D eigenvalue weighted by atomic mass is 10.0. The maximum atomic E-state index is 9.45. The van der Waals surface area contributed by atoms with Crippen LogP contribution in [0.4, 0.5) is 0 Å². The van der Waals surface area contributed by atoms with E-state index in [0.717, 1.165) is 11.3 Å². The summed E-state index contributed by atoms with van der Waals surface area (Å²) in [5.74, 6) is 12.9. The van der Waals surface area contributed by atoms with Gasteiger partial charge in [0.15, 0.2) is 0 Å². The summed E-state index contributed by atoms with van der Waals surface area (Å²) in [5, 5.41) is 18.6. The zero-order valence-corrected chi connectivity index (χ0v) is 15.2. The predicted octanol–water partition coefficient (Wildman–Crippen LogP) is 4.24. The van der Waals surface area contributed by atoms with E-state index < -0.39 is 0 Å². The maximum Gasteiger partial charge on any atom is 0.118 e. The van der Waals surface area contributed by atoms with Gasteiger partial charge in [0.25, 0.3) is 0 Å². The first-order valence-electron chi connectivity index (χ1n) is 8.45. The van der Waals surface area contributed by atoms with Crippen LogP contribution in [0.2, 0.25) is 0 Å². The topological polar surface area (TPSA) is 56.8 Å². The molecule has 0 aliphatic heterocycles. The Morgan fingerprint density at radius 2 is 1.18 bits per heavy atom. The number of ether oxygens (including phenoxy) is 1. The molecule has 0 heterocycles. The van der Waals surface area contributed by atoms with Gasteiger partial charge in [0.1, 0.15) is 17.9 Å². The highest BCUT2D eigenvalue weighted by Crippen LogP contribution is 2.13. The second-order valence-corrected chi connectivity index (χ2v) is 5.76. The first-order chi connectivity index (χ1) is 13.7. The summed E-state index contributed by atoms with van der Waals surface area (Å²) in [6.07, 6.45) is 0. The molecule has 0 radical (unpaired) electrons. The monoisotopic (exact) mass is 358 g/mol. The molecule has 130 valence electrons. The highest BCUT2D eigenvalue weighted by molar-refractivity contribution is 5.56. The van der Waals surface area contributed by atoms with Crippen LogP contribution in [0.15, 0.2) is 66.7 Å². The van der Waals surface area contributed by atoms with Crippen molar-refractivity contribution in [2.45, 2.75) is 0 Å². The molecular formula is C25H14N2O. The van der Waals surface area contributed by atoms with E-state index in [2.05, 4.69) is 35.8 Å². The second kappa shape index (κ2) is 8.78. The number of benzene rings is 3. The molecule has 3 heteroatoms. The molecule has 0 unspecified atom stereocenters. The van der Waals surface area contributed by atoms with Gasteiger partial charge in [-0.15, -0.1) is 0 Å². The van der Waals surface area contributed by atoms with E-state index in [-0.39, 0.29) is 0 Å². The van der Waals surface area contributed by atoms with Gasteiger partial charge in [-0.2, -0.15) is 10.5 Å². The predicted molar refractivity (Wildman–Crippen MR) is 107 cm³/mol. The van der Waals surface area contributed by atoms with Gasteiger partial charge in [-0.05, 0) is 54.6 Å². The molecule has 0 saturated heterocycles. The van der Waals surface area contributed by atoms with Crippen molar-refractivity contribution in [2.24, 2.45) is 0 Å². The fourth-order valence-electron chi connectivity index (χ4n) is 2.47. The molecule has 0 bridgehead atoms. The standard InChI is InChI=1S/C25H14N2O/c1-28-25-14-9-19(10-15-25)6-11-22-13-8-20(16-24(22)18-27)7-12-21-4-2-3-5-23(21)17-26/h2-5,8-10,13-16H,1H3. The number of methoxy groups -OCH3 is 1. The Morgan fingerprint density at radius 1 is 0.607 bits per heavy atom. The van der Waals surface area contributed by atoms with Gasteiger partial charge in [-0.25, -0.2) is 0 Å². The van der Waals surface area contributed by atoms with Crippen molar-refractivity contribution in [3.05, 3.63) is 100 Å². The van der Waals surface area contributed by atoms with Gasteiger partial charge in [-0.3, -0.25) is 0 Å².